The summed E-state index contributed by atoms with van der Waals surface area (Å²) in [6.45, 7) is 2.02. The first-order valence-corrected chi connectivity index (χ1v) is 8.30. The largest absolute Gasteiger partial charge is 0.289 e. The molecule has 0 bridgehead atoms. The smallest absolute Gasteiger partial charge is 0.276 e. The zero-order valence-electron chi connectivity index (χ0n) is 14.1. The van der Waals surface area contributed by atoms with Gasteiger partial charge in [-0.2, -0.15) is 0 Å². The van der Waals surface area contributed by atoms with Crippen molar-refractivity contribution in [2.75, 3.05) is 0 Å². The number of hydrogen-bond donors (Lipinski definition) is 0. The van der Waals surface area contributed by atoms with Gasteiger partial charge in [0.1, 0.15) is 0 Å². The van der Waals surface area contributed by atoms with Crippen LogP contribution in [0.2, 0.25) is 0 Å². The van der Waals surface area contributed by atoms with Crippen molar-refractivity contribution in [1.82, 2.24) is 0 Å². The van der Waals surface area contributed by atoms with Crippen LogP contribution in [0.15, 0.2) is 59.7 Å². The highest BCUT2D eigenvalue weighted by Gasteiger charge is 2.22. The van der Waals surface area contributed by atoms with E-state index in [2.05, 4.69) is 0 Å². The van der Waals surface area contributed by atoms with Crippen LogP contribution in [0.5, 0.6) is 0 Å². The normalized spacial score (nSPS) is 17.9. The van der Waals surface area contributed by atoms with Gasteiger partial charge in [0.25, 0.3) is 5.69 Å². The summed E-state index contributed by atoms with van der Waals surface area (Å²) in [5, 5.41) is 11.2. The molecular formula is C21H19NO3. The highest BCUT2D eigenvalue weighted by atomic mass is 16.6. The number of ketones is 1. The lowest BCUT2D eigenvalue weighted by Gasteiger charge is -2.16. The second-order valence-corrected chi connectivity index (χ2v) is 6.25. The molecule has 4 nitrogen and oxygen atoms in total. The Morgan fingerprint density at radius 1 is 0.960 bits per heavy atom. The zero-order valence-corrected chi connectivity index (χ0v) is 14.1. The van der Waals surface area contributed by atoms with E-state index >= 15 is 0 Å². The number of carbonyl (C=O) groups is 1. The third-order valence-electron chi connectivity index (χ3n) is 4.36. The number of rotatable bonds is 3. The molecular weight excluding hydrogens is 314 g/mol. The van der Waals surface area contributed by atoms with Gasteiger partial charge in [0, 0.05) is 17.2 Å². The second-order valence-electron chi connectivity index (χ2n) is 6.25. The summed E-state index contributed by atoms with van der Waals surface area (Å²) in [6, 6.07) is 14.5. The molecule has 1 aliphatic carbocycles. The first-order valence-electron chi connectivity index (χ1n) is 8.30. The minimum Gasteiger partial charge on any atom is -0.289 e. The van der Waals surface area contributed by atoms with Crippen molar-refractivity contribution >= 4 is 23.6 Å². The predicted molar refractivity (Wildman–Crippen MR) is 99.1 cm³/mol. The Labute approximate surface area is 146 Å². The van der Waals surface area contributed by atoms with Gasteiger partial charge in [0.2, 0.25) is 0 Å². The minimum absolute atomic E-state index is 0.00928. The number of carbonyl (C=O) groups excluding carboxylic acids is 1. The summed E-state index contributed by atoms with van der Waals surface area (Å²) in [5.41, 5.74) is 4.08. The Kier molecular flexibility index (Phi) is 4.89. The van der Waals surface area contributed by atoms with E-state index in [1.54, 1.807) is 24.3 Å². The SMILES string of the molecule is Cc1ccc(/C=C2\CCC/C(=C\c3ccccc3[N+](=O)[O-])C2=O)cc1. The summed E-state index contributed by atoms with van der Waals surface area (Å²) in [4.78, 5) is 23.5. The van der Waals surface area contributed by atoms with Crippen molar-refractivity contribution < 1.29 is 9.72 Å². The molecule has 1 aliphatic rings. The number of hydrogen-bond acceptors (Lipinski definition) is 3. The van der Waals surface area contributed by atoms with Crippen LogP contribution < -0.4 is 0 Å². The molecule has 1 saturated carbocycles. The molecule has 0 aromatic heterocycles. The van der Waals surface area contributed by atoms with Crippen LogP contribution in [0.25, 0.3) is 12.2 Å². The fourth-order valence-electron chi connectivity index (χ4n) is 3.01. The van der Waals surface area contributed by atoms with Crippen molar-refractivity contribution in [3.63, 3.8) is 0 Å². The van der Waals surface area contributed by atoms with Crippen molar-refractivity contribution in [2.24, 2.45) is 0 Å². The van der Waals surface area contributed by atoms with Gasteiger partial charge in [-0.3, -0.25) is 14.9 Å². The third-order valence-corrected chi connectivity index (χ3v) is 4.36. The highest BCUT2D eigenvalue weighted by molar-refractivity contribution is 6.14. The molecule has 0 amide bonds. The van der Waals surface area contributed by atoms with Gasteiger partial charge in [-0.15, -0.1) is 0 Å². The molecule has 0 atom stereocenters. The van der Waals surface area contributed by atoms with Crippen LogP contribution in [-0.2, 0) is 4.79 Å². The van der Waals surface area contributed by atoms with Gasteiger partial charge in [-0.1, -0.05) is 42.0 Å². The van der Waals surface area contributed by atoms with E-state index in [0.29, 0.717) is 17.6 Å². The monoisotopic (exact) mass is 333 g/mol. The number of nitro groups is 1. The summed E-state index contributed by atoms with van der Waals surface area (Å²) in [5.74, 6) is -0.00928. The van der Waals surface area contributed by atoms with E-state index in [1.165, 1.54) is 11.6 Å². The lowest BCUT2D eigenvalue weighted by molar-refractivity contribution is -0.385. The molecule has 0 radical (unpaired) electrons. The van der Waals surface area contributed by atoms with Crippen LogP contribution in [0.4, 0.5) is 5.69 Å². The lowest BCUT2D eigenvalue weighted by Crippen LogP contribution is -2.12. The maximum absolute atomic E-state index is 12.8. The van der Waals surface area contributed by atoms with E-state index in [1.807, 2.05) is 37.3 Å². The number of nitrogens with zero attached hydrogens (tertiary/aromatic N) is 1. The molecule has 1 fully saturated rings. The summed E-state index contributed by atoms with van der Waals surface area (Å²) >= 11 is 0. The zero-order chi connectivity index (χ0) is 17.8. The number of para-hydroxylation sites is 1. The number of nitro benzene ring substituents is 1. The molecule has 25 heavy (non-hydrogen) atoms. The molecule has 2 aromatic carbocycles. The molecule has 3 rings (SSSR count). The Hall–Kier alpha value is -3.01. The predicted octanol–water partition coefficient (Wildman–Crippen LogP) is 5.12. The van der Waals surface area contributed by atoms with E-state index in [-0.39, 0.29) is 11.5 Å². The Bertz CT molecular complexity index is 876. The van der Waals surface area contributed by atoms with Crippen LogP contribution in [-0.4, -0.2) is 10.7 Å². The molecule has 126 valence electrons. The third kappa shape index (κ3) is 3.91. The standard InChI is InChI=1S/C21H19NO3/c1-15-9-11-16(12-10-15)13-18-6-4-7-19(21(18)23)14-17-5-2-3-8-20(17)22(24)25/h2-3,5,8-14H,4,6-7H2,1H3/b18-13+,19-14+. The summed E-state index contributed by atoms with van der Waals surface area (Å²) in [7, 11) is 0. The average molecular weight is 333 g/mol. The highest BCUT2D eigenvalue weighted by Crippen LogP contribution is 2.30. The maximum Gasteiger partial charge on any atom is 0.276 e. The van der Waals surface area contributed by atoms with Crippen molar-refractivity contribution in [3.05, 3.63) is 86.5 Å². The Balaban J connectivity index is 1.92. The summed E-state index contributed by atoms with van der Waals surface area (Å²) in [6.07, 6.45) is 5.85. The minimum atomic E-state index is -0.414. The summed E-state index contributed by atoms with van der Waals surface area (Å²) < 4.78 is 0. The second kappa shape index (κ2) is 7.26. The average Bonchev–Trinajstić information content (AvgIpc) is 2.60. The topological polar surface area (TPSA) is 60.2 Å². The van der Waals surface area contributed by atoms with E-state index < -0.39 is 4.92 Å². The number of allylic oxidation sites excluding steroid dienone is 2. The quantitative estimate of drug-likeness (QED) is 0.445. The molecule has 0 spiro atoms. The van der Waals surface area contributed by atoms with Crippen molar-refractivity contribution in [3.8, 4) is 0 Å². The van der Waals surface area contributed by atoms with Gasteiger partial charge >= 0.3 is 0 Å². The van der Waals surface area contributed by atoms with Crippen molar-refractivity contribution in [1.29, 1.82) is 0 Å². The molecule has 0 saturated heterocycles. The van der Waals surface area contributed by atoms with Gasteiger partial charge in [-0.25, -0.2) is 0 Å². The molecule has 0 aliphatic heterocycles. The van der Waals surface area contributed by atoms with E-state index in [4.69, 9.17) is 0 Å². The molecule has 2 aromatic rings. The van der Waals surface area contributed by atoms with E-state index in [0.717, 1.165) is 24.0 Å². The molecule has 4 heteroatoms. The van der Waals surface area contributed by atoms with Gasteiger partial charge in [0.15, 0.2) is 5.78 Å². The first kappa shape index (κ1) is 16.8. The van der Waals surface area contributed by atoms with Gasteiger partial charge in [0.05, 0.1) is 10.5 Å². The van der Waals surface area contributed by atoms with Crippen LogP contribution in [0.3, 0.4) is 0 Å². The maximum atomic E-state index is 12.8. The number of Topliss-reactive ketones (excluding diaryl/α,β-unsaturated/α-hetero) is 1. The molecule has 0 heterocycles. The van der Waals surface area contributed by atoms with Crippen molar-refractivity contribution in [2.45, 2.75) is 26.2 Å². The lowest BCUT2D eigenvalue weighted by atomic mass is 9.86. The van der Waals surface area contributed by atoms with Crippen LogP contribution in [0.1, 0.15) is 36.0 Å². The van der Waals surface area contributed by atoms with Gasteiger partial charge in [-0.05, 0) is 50.0 Å². The molecule has 0 N–H and O–H groups in total. The van der Waals surface area contributed by atoms with Crippen LogP contribution >= 0.6 is 0 Å². The first-order chi connectivity index (χ1) is 12.0. The Morgan fingerprint density at radius 2 is 1.60 bits per heavy atom. The van der Waals surface area contributed by atoms with Gasteiger partial charge < -0.3 is 0 Å². The Morgan fingerprint density at radius 3 is 2.28 bits per heavy atom. The fourth-order valence-corrected chi connectivity index (χ4v) is 3.01. The fraction of sp³-hybridized carbons (Fsp3) is 0.190. The molecule has 0 unspecified atom stereocenters. The van der Waals surface area contributed by atoms with E-state index in [9.17, 15) is 14.9 Å². The van der Waals surface area contributed by atoms with Crippen LogP contribution in [0, 0.1) is 17.0 Å². The number of benzene rings is 2. The number of aryl methyl sites for hydroxylation is 1.